The number of hydrogen-bond donors (Lipinski definition) is 1. The molecule has 0 amide bonds. The van der Waals surface area contributed by atoms with Gasteiger partial charge in [0.15, 0.2) is 17.5 Å². The standard InChI is InChI=1S/C14H9ClF4O/c15-9-3-1-7(5-11(9)17)6-12(20)8-2-4-10(16)14(19)13(8)18/h1-5,12,20H,6H2. The van der Waals surface area contributed by atoms with Gasteiger partial charge in [0.2, 0.25) is 0 Å². The summed E-state index contributed by atoms with van der Waals surface area (Å²) in [6.45, 7) is 0. The zero-order chi connectivity index (χ0) is 14.9. The van der Waals surface area contributed by atoms with E-state index in [0.29, 0.717) is 5.56 Å². The molecule has 1 atom stereocenters. The van der Waals surface area contributed by atoms with Crippen LogP contribution in [0.3, 0.4) is 0 Å². The van der Waals surface area contributed by atoms with Crippen molar-refractivity contribution in [3.05, 3.63) is 69.8 Å². The number of benzene rings is 2. The summed E-state index contributed by atoms with van der Waals surface area (Å²) in [7, 11) is 0. The molecule has 1 nitrogen and oxygen atoms in total. The van der Waals surface area contributed by atoms with Gasteiger partial charge in [-0.15, -0.1) is 0 Å². The van der Waals surface area contributed by atoms with Crippen molar-refractivity contribution in [2.45, 2.75) is 12.5 Å². The quantitative estimate of drug-likeness (QED) is 0.666. The van der Waals surface area contributed by atoms with Crippen LogP contribution in [-0.2, 0) is 6.42 Å². The first-order chi connectivity index (χ1) is 9.40. The van der Waals surface area contributed by atoms with Crippen LogP contribution in [0, 0.1) is 23.3 Å². The van der Waals surface area contributed by atoms with Gasteiger partial charge in [0, 0.05) is 12.0 Å². The van der Waals surface area contributed by atoms with Crippen LogP contribution < -0.4 is 0 Å². The molecule has 2 aromatic carbocycles. The Kier molecular flexibility index (Phi) is 4.30. The lowest BCUT2D eigenvalue weighted by molar-refractivity contribution is 0.171. The van der Waals surface area contributed by atoms with E-state index < -0.39 is 29.4 Å². The van der Waals surface area contributed by atoms with Crippen molar-refractivity contribution < 1.29 is 22.7 Å². The minimum Gasteiger partial charge on any atom is -0.388 e. The second-order valence-electron chi connectivity index (χ2n) is 4.23. The highest BCUT2D eigenvalue weighted by Crippen LogP contribution is 2.25. The first-order valence-electron chi connectivity index (χ1n) is 5.65. The van der Waals surface area contributed by atoms with Gasteiger partial charge in [0.1, 0.15) is 5.82 Å². The number of hydrogen-bond acceptors (Lipinski definition) is 1. The van der Waals surface area contributed by atoms with E-state index in [2.05, 4.69) is 0 Å². The highest BCUT2D eigenvalue weighted by molar-refractivity contribution is 6.30. The predicted octanol–water partition coefficient (Wildman–Crippen LogP) is 4.17. The van der Waals surface area contributed by atoms with E-state index in [1.165, 1.54) is 12.1 Å². The van der Waals surface area contributed by atoms with E-state index in [9.17, 15) is 22.7 Å². The largest absolute Gasteiger partial charge is 0.388 e. The van der Waals surface area contributed by atoms with Gasteiger partial charge >= 0.3 is 0 Å². The molecule has 2 rings (SSSR count). The minimum absolute atomic E-state index is 0.0813. The van der Waals surface area contributed by atoms with Gasteiger partial charge in [-0.25, -0.2) is 17.6 Å². The van der Waals surface area contributed by atoms with Gasteiger partial charge in [-0.2, -0.15) is 0 Å². The van der Waals surface area contributed by atoms with Gasteiger partial charge in [0.05, 0.1) is 11.1 Å². The van der Waals surface area contributed by atoms with Gasteiger partial charge in [-0.3, -0.25) is 0 Å². The molecule has 0 bridgehead atoms. The molecule has 0 radical (unpaired) electrons. The van der Waals surface area contributed by atoms with E-state index in [-0.39, 0.29) is 17.0 Å². The summed E-state index contributed by atoms with van der Waals surface area (Å²) in [5, 5.41) is 9.76. The molecule has 0 heterocycles. The fourth-order valence-electron chi connectivity index (χ4n) is 1.80. The van der Waals surface area contributed by atoms with Crippen molar-refractivity contribution in [1.82, 2.24) is 0 Å². The Bertz CT molecular complexity index is 645. The van der Waals surface area contributed by atoms with Crippen LogP contribution in [-0.4, -0.2) is 5.11 Å². The van der Waals surface area contributed by atoms with Crippen molar-refractivity contribution in [3.63, 3.8) is 0 Å². The molecule has 1 unspecified atom stereocenters. The summed E-state index contributed by atoms with van der Waals surface area (Å²) >= 11 is 5.51. The third-order valence-electron chi connectivity index (χ3n) is 2.84. The van der Waals surface area contributed by atoms with Crippen LogP contribution in [0.15, 0.2) is 30.3 Å². The summed E-state index contributed by atoms with van der Waals surface area (Å²) in [5.41, 5.74) is -0.0391. The Labute approximate surface area is 117 Å². The fraction of sp³-hybridized carbons (Fsp3) is 0.143. The highest BCUT2D eigenvalue weighted by Gasteiger charge is 2.19. The maximum absolute atomic E-state index is 13.5. The molecular weight excluding hydrogens is 296 g/mol. The average Bonchev–Trinajstić information content (AvgIpc) is 2.40. The van der Waals surface area contributed by atoms with E-state index in [0.717, 1.165) is 18.2 Å². The molecule has 6 heteroatoms. The molecule has 0 spiro atoms. The smallest absolute Gasteiger partial charge is 0.194 e. The van der Waals surface area contributed by atoms with Gasteiger partial charge < -0.3 is 5.11 Å². The summed E-state index contributed by atoms with van der Waals surface area (Å²) in [6, 6.07) is 5.50. The topological polar surface area (TPSA) is 20.2 Å². The van der Waals surface area contributed by atoms with Gasteiger partial charge in [0.25, 0.3) is 0 Å². The summed E-state index contributed by atoms with van der Waals surface area (Å²) in [6.07, 6.45) is -1.58. The van der Waals surface area contributed by atoms with Crippen LogP contribution in [0.4, 0.5) is 17.6 Å². The molecule has 0 aliphatic heterocycles. The highest BCUT2D eigenvalue weighted by atomic mass is 35.5. The molecule has 20 heavy (non-hydrogen) atoms. The molecule has 0 aliphatic rings. The second-order valence-corrected chi connectivity index (χ2v) is 4.64. The average molecular weight is 305 g/mol. The monoisotopic (exact) mass is 304 g/mol. The van der Waals surface area contributed by atoms with Crippen LogP contribution in [0.5, 0.6) is 0 Å². The zero-order valence-corrected chi connectivity index (χ0v) is 10.8. The Morgan fingerprint density at radius 1 is 0.950 bits per heavy atom. The van der Waals surface area contributed by atoms with Crippen molar-refractivity contribution in [1.29, 1.82) is 0 Å². The molecule has 2 aromatic rings. The fourth-order valence-corrected chi connectivity index (χ4v) is 1.92. The summed E-state index contributed by atoms with van der Waals surface area (Å²) < 4.78 is 52.6. The van der Waals surface area contributed by atoms with Crippen LogP contribution in [0.1, 0.15) is 17.2 Å². The van der Waals surface area contributed by atoms with E-state index >= 15 is 0 Å². The van der Waals surface area contributed by atoms with Crippen LogP contribution in [0.2, 0.25) is 5.02 Å². The van der Waals surface area contributed by atoms with Crippen molar-refractivity contribution in [2.24, 2.45) is 0 Å². The number of rotatable bonds is 3. The Hall–Kier alpha value is -1.59. The van der Waals surface area contributed by atoms with Gasteiger partial charge in [-0.1, -0.05) is 23.7 Å². The molecule has 106 valence electrons. The second kappa shape index (κ2) is 5.81. The third-order valence-corrected chi connectivity index (χ3v) is 3.14. The number of aliphatic hydroxyl groups is 1. The first-order valence-corrected chi connectivity index (χ1v) is 6.03. The van der Waals surface area contributed by atoms with E-state index in [4.69, 9.17) is 11.6 Å². The van der Waals surface area contributed by atoms with Crippen LogP contribution in [0.25, 0.3) is 0 Å². The zero-order valence-electron chi connectivity index (χ0n) is 10.0. The van der Waals surface area contributed by atoms with Crippen molar-refractivity contribution >= 4 is 11.6 Å². The van der Waals surface area contributed by atoms with Crippen molar-refractivity contribution in [3.8, 4) is 0 Å². The van der Waals surface area contributed by atoms with Crippen molar-refractivity contribution in [2.75, 3.05) is 0 Å². The Morgan fingerprint density at radius 3 is 2.30 bits per heavy atom. The lowest BCUT2D eigenvalue weighted by Crippen LogP contribution is -2.07. The summed E-state index contributed by atoms with van der Waals surface area (Å²) in [4.78, 5) is 0. The minimum atomic E-state index is -1.65. The Morgan fingerprint density at radius 2 is 1.65 bits per heavy atom. The lowest BCUT2D eigenvalue weighted by atomic mass is 10.0. The van der Waals surface area contributed by atoms with E-state index in [1.807, 2.05) is 0 Å². The third kappa shape index (κ3) is 2.94. The summed E-state index contributed by atoms with van der Waals surface area (Å²) in [5.74, 6) is -5.12. The molecule has 0 aromatic heterocycles. The number of halogens is 5. The molecule has 0 saturated carbocycles. The number of aliphatic hydroxyl groups excluding tert-OH is 1. The molecule has 0 saturated heterocycles. The van der Waals surface area contributed by atoms with E-state index in [1.54, 1.807) is 0 Å². The SMILES string of the molecule is OC(Cc1ccc(Cl)c(F)c1)c1ccc(F)c(F)c1F. The Balaban J connectivity index is 2.26. The predicted molar refractivity (Wildman–Crippen MR) is 66.4 cm³/mol. The lowest BCUT2D eigenvalue weighted by Gasteiger charge is -2.13. The maximum Gasteiger partial charge on any atom is 0.194 e. The maximum atomic E-state index is 13.5. The van der Waals surface area contributed by atoms with Gasteiger partial charge in [-0.05, 0) is 23.8 Å². The first kappa shape index (κ1) is 14.8. The molecule has 0 aliphatic carbocycles. The molecule has 0 fully saturated rings. The molecule has 1 N–H and O–H groups in total. The normalized spacial score (nSPS) is 12.5. The molecular formula is C14H9ClF4O. The van der Waals surface area contributed by atoms with Crippen LogP contribution >= 0.6 is 11.6 Å².